The van der Waals surface area contributed by atoms with E-state index in [4.69, 9.17) is 4.74 Å². The molecule has 4 N–H and O–H groups in total. The van der Waals surface area contributed by atoms with Crippen molar-refractivity contribution in [1.29, 1.82) is 0 Å². The molecule has 3 heterocycles. The summed E-state index contributed by atoms with van der Waals surface area (Å²) in [5.41, 5.74) is -0.139. The van der Waals surface area contributed by atoms with Gasteiger partial charge in [-0.25, -0.2) is 24.7 Å². The summed E-state index contributed by atoms with van der Waals surface area (Å²) in [7, 11) is 0. The molecule has 0 radical (unpaired) electrons. The van der Waals surface area contributed by atoms with E-state index in [1.807, 2.05) is 13.8 Å². The molecule has 0 fully saturated rings. The van der Waals surface area contributed by atoms with Gasteiger partial charge < -0.3 is 20.5 Å². The number of carbonyl (C=O) groups excluding carboxylic acids is 2. The smallest absolute Gasteiger partial charge is 0.389 e. The van der Waals surface area contributed by atoms with Gasteiger partial charge in [0.05, 0.1) is 35.6 Å². The van der Waals surface area contributed by atoms with E-state index in [0.29, 0.717) is 17.2 Å². The Labute approximate surface area is 196 Å². The third kappa shape index (κ3) is 6.90. The second kappa shape index (κ2) is 10.6. The van der Waals surface area contributed by atoms with Gasteiger partial charge in [0, 0.05) is 18.7 Å². The van der Waals surface area contributed by atoms with Crippen molar-refractivity contribution in [1.82, 2.24) is 30.2 Å². The molecule has 3 rings (SSSR count). The predicted octanol–water partition coefficient (Wildman–Crippen LogP) is 2.64. The summed E-state index contributed by atoms with van der Waals surface area (Å²) in [6, 6.07) is 3.07. The number of carbonyl (C=O) groups is 2. The van der Waals surface area contributed by atoms with Gasteiger partial charge in [-0.3, -0.25) is 10.1 Å². The molecule has 0 saturated carbocycles. The number of hydrogen-bond acceptors (Lipinski definition) is 10. The normalized spacial score (nSPS) is 11.1. The van der Waals surface area contributed by atoms with E-state index in [1.54, 1.807) is 32.3 Å². The van der Waals surface area contributed by atoms with E-state index < -0.39 is 17.6 Å². The van der Waals surface area contributed by atoms with Crippen molar-refractivity contribution in [2.24, 2.45) is 0 Å². The maximum absolute atomic E-state index is 12.7. The van der Waals surface area contributed by atoms with Gasteiger partial charge in [0.1, 0.15) is 17.8 Å². The minimum atomic E-state index is -1.11. The summed E-state index contributed by atoms with van der Waals surface area (Å²) in [6.45, 7) is 6.94. The van der Waals surface area contributed by atoms with E-state index in [2.05, 4.69) is 40.9 Å². The third-order valence-corrected chi connectivity index (χ3v) is 4.26. The molecule has 178 valence electrons. The lowest BCUT2D eigenvalue weighted by Crippen LogP contribution is -2.38. The average molecular weight is 467 g/mol. The molecule has 3 aromatic heterocycles. The van der Waals surface area contributed by atoms with Gasteiger partial charge in [0.2, 0.25) is 0 Å². The standard InChI is InChI=1S/C22H26N8O4/c1-13(2)18-26-10-16(28-14-8-23-12-24-9-14)20(30-18)34-21(32)29-15-6-5-7-25-17(15)19(31)27-11-22(3,4)33/h5-10,12-13,28,33H,11H2,1-4H3,(H,27,31)(H,29,32). The van der Waals surface area contributed by atoms with Gasteiger partial charge in [-0.05, 0) is 26.0 Å². The Morgan fingerprint density at radius 3 is 2.53 bits per heavy atom. The van der Waals surface area contributed by atoms with Crippen LogP contribution in [0.3, 0.4) is 0 Å². The fourth-order valence-corrected chi connectivity index (χ4v) is 2.63. The van der Waals surface area contributed by atoms with Crippen molar-refractivity contribution in [2.45, 2.75) is 39.2 Å². The second-order valence-electron chi connectivity index (χ2n) is 8.26. The molecular formula is C22H26N8O4. The first-order chi connectivity index (χ1) is 16.1. The molecule has 0 aliphatic carbocycles. The van der Waals surface area contributed by atoms with Crippen molar-refractivity contribution in [3.05, 3.63) is 54.8 Å². The lowest BCUT2D eigenvalue weighted by atomic mass is 10.1. The Morgan fingerprint density at radius 1 is 1.12 bits per heavy atom. The Bertz CT molecular complexity index is 1150. The molecule has 12 nitrogen and oxygen atoms in total. The highest BCUT2D eigenvalue weighted by Gasteiger charge is 2.20. The third-order valence-electron chi connectivity index (χ3n) is 4.26. The summed E-state index contributed by atoms with van der Waals surface area (Å²) in [5.74, 6) is -0.111. The summed E-state index contributed by atoms with van der Waals surface area (Å²) in [4.78, 5) is 45.8. The lowest BCUT2D eigenvalue weighted by Gasteiger charge is -2.18. The fraction of sp³-hybridized carbons (Fsp3) is 0.318. The van der Waals surface area contributed by atoms with Crippen molar-refractivity contribution in [3.8, 4) is 5.88 Å². The number of nitrogens with one attached hydrogen (secondary N) is 3. The predicted molar refractivity (Wildman–Crippen MR) is 124 cm³/mol. The Balaban J connectivity index is 1.79. The van der Waals surface area contributed by atoms with Gasteiger partial charge in [-0.15, -0.1) is 0 Å². The van der Waals surface area contributed by atoms with Gasteiger partial charge in [-0.1, -0.05) is 13.8 Å². The van der Waals surface area contributed by atoms with Crippen LogP contribution in [0.4, 0.5) is 21.9 Å². The average Bonchev–Trinajstić information content (AvgIpc) is 2.79. The Morgan fingerprint density at radius 2 is 1.85 bits per heavy atom. The molecule has 0 unspecified atom stereocenters. The van der Waals surface area contributed by atoms with Crippen LogP contribution in [-0.2, 0) is 0 Å². The van der Waals surface area contributed by atoms with Crippen LogP contribution in [0, 0.1) is 0 Å². The fourth-order valence-electron chi connectivity index (χ4n) is 2.63. The molecule has 34 heavy (non-hydrogen) atoms. The van der Waals surface area contributed by atoms with Crippen LogP contribution in [0.25, 0.3) is 0 Å². The number of nitrogens with zero attached hydrogens (tertiary/aromatic N) is 5. The molecule has 3 aromatic rings. The Hall–Kier alpha value is -4.19. The number of pyridine rings is 1. The van der Waals surface area contributed by atoms with E-state index in [0.717, 1.165) is 0 Å². The van der Waals surface area contributed by atoms with Crippen LogP contribution >= 0.6 is 0 Å². The zero-order valence-corrected chi connectivity index (χ0v) is 19.2. The number of anilines is 3. The van der Waals surface area contributed by atoms with E-state index in [9.17, 15) is 14.7 Å². The zero-order chi connectivity index (χ0) is 24.7. The van der Waals surface area contributed by atoms with Crippen LogP contribution in [0.5, 0.6) is 5.88 Å². The summed E-state index contributed by atoms with van der Waals surface area (Å²) in [5, 5.41) is 17.9. The highest BCUT2D eigenvalue weighted by atomic mass is 16.6. The number of rotatable bonds is 8. The first-order valence-electron chi connectivity index (χ1n) is 10.5. The molecule has 0 atom stereocenters. The van der Waals surface area contributed by atoms with Crippen molar-refractivity contribution in [2.75, 3.05) is 17.2 Å². The lowest BCUT2D eigenvalue weighted by molar-refractivity contribution is 0.0692. The monoisotopic (exact) mass is 466 g/mol. The summed E-state index contributed by atoms with van der Waals surface area (Å²) in [6.07, 6.45) is 6.50. The van der Waals surface area contributed by atoms with Crippen molar-refractivity contribution < 1.29 is 19.4 Å². The molecular weight excluding hydrogens is 440 g/mol. The number of ether oxygens (including phenoxy) is 1. The molecule has 0 aromatic carbocycles. The zero-order valence-electron chi connectivity index (χ0n) is 19.2. The van der Waals surface area contributed by atoms with Gasteiger partial charge in [0.15, 0.2) is 5.69 Å². The number of hydrogen-bond donors (Lipinski definition) is 4. The largest absolute Gasteiger partial charge is 0.418 e. The van der Waals surface area contributed by atoms with Crippen LogP contribution in [0.1, 0.15) is 49.9 Å². The second-order valence-corrected chi connectivity index (χ2v) is 8.26. The molecule has 0 aliphatic rings. The quantitative estimate of drug-likeness (QED) is 0.388. The van der Waals surface area contributed by atoms with Crippen LogP contribution in [0.2, 0.25) is 0 Å². The number of aromatic nitrogens is 5. The molecule has 12 heteroatoms. The van der Waals surface area contributed by atoms with Crippen LogP contribution in [0.15, 0.2) is 43.2 Å². The van der Waals surface area contributed by atoms with Crippen molar-refractivity contribution >= 4 is 29.1 Å². The summed E-state index contributed by atoms with van der Waals surface area (Å²) >= 11 is 0. The maximum Gasteiger partial charge on any atom is 0.418 e. The van der Waals surface area contributed by atoms with Gasteiger partial charge >= 0.3 is 6.09 Å². The first kappa shape index (κ1) is 24.5. The van der Waals surface area contributed by atoms with E-state index in [1.165, 1.54) is 24.8 Å². The topological polar surface area (TPSA) is 164 Å². The molecule has 2 amide bonds. The van der Waals surface area contributed by atoms with Gasteiger partial charge in [-0.2, -0.15) is 4.98 Å². The minimum absolute atomic E-state index is 0.00341. The molecule has 0 spiro atoms. The first-order valence-corrected chi connectivity index (χ1v) is 10.5. The number of amides is 2. The molecule has 0 saturated heterocycles. The maximum atomic E-state index is 12.7. The SMILES string of the molecule is CC(C)c1ncc(Nc2cncnc2)c(OC(=O)Nc2cccnc2C(=O)NCC(C)(C)O)n1. The van der Waals surface area contributed by atoms with E-state index >= 15 is 0 Å². The highest BCUT2D eigenvalue weighted by Crippen LogP contribution is 2.27. The van der Waals surface area contributed by atoms with Gasteiger partial charge in [0.25, 0.3) is 11.8 Å². The summed E-state index contributed by atoms with van der Waals surface area (Å²) < 4.78 is 5.46. The highest BCUT2D eigenvalue weighted by molar-refractivity contribution is 6.01. The minimum Gasteiger partial charge on any atom is -0.389 e. The molecule has 0 bridgehead atoms. The number of aliphatic hydroxyl groups is 1. The van der Waals surface area contributed by atoms with E-state index in [-0.39, 0.29) is 29.7 Å². The Kier molecular flexibility index (Phi) is 7.64. The van der Waals surface area contributed by atoms with Crippen molar-refractivity contribution in [3.63, 3.8) is 0 Å². The molecule has 0 aliphatic heterocycles. The van der Waals surface area contributed by atoms with Crippen LogP contribution < -0.4 is 20.7 Å². The van der Waals surface area contributed by atoms with Crippen LogP contribution in [-0.4, -0.2) is 54.2 Å².